The Morgan fingerprint density at radius 2 is 1.88 bits per heavy atom. The van der Waals surface area contributed by atoms with Gasteiger partial charge in [-0.25, -0.2) is 8.78 Å². The highest BCUT2D eigenvalue weighted by Gasteiger charge is 2.25. The summed E-state index contributed by atoms with van der Waals surface area (Å²) in [6.45, 7) is -0.209. The molecule has 0 atom stereocenters. The van der Waals surface area contributed by atoms with E-state index in [4.69, 9.17) is 0 Å². The minimum Gasteiger partial charge on any atom is -0.324 e. The summed E-state index contributed by atoms with van der Waals surface area (Å²) in [6, 6.07) is 12.4. The zero-order chi connectivity index (χ0) is 17.8. The number of carbonyl (C=O) groups excluding carboxylic acids is 2. The number of rotatable bonds is 4. The van der Waals surface area contributed by atoms with Crippen molar-refractivity contribution < 1.29 is 18.4 Å². The molecular weight excluding hydrogens is 346 g/mol. The predicted octanol–water partition coefficient (Wildman–Crippen LogP) is 3.48. The summed E-state index contributed by atoms with van der Waals surface area (Å²) in [4.78, 5) is 25.9. The van der Waals surface area contributed by atoms with Gasteiger partial charge in [0.05, 0.1) is 11.4 Å². The molecule has 0 aromatic heterocycles. The van der Waals surface area contributed by atoms with Gasteiger partial charge in [0, 0.05) is 11.8 Å². The molecule has 3 rings (SSSR count). The van der Waals surface area contributed by atoms with E-state index in [0.29, 0.717) is 5.70 Å². The average molecular weight is 360 g/mol. The molecule has 1 aliphatic heterocycles. The Hall–Kier alpha value is -2.67. The molecule has 0 aliphatic carbocycles. The molecule has 7 heteroatoms. The van der Waals surface area contributed by atoms with Crippen molar-refractivity contribution in [1.82, 2.24) is 4.90 Å². The van der Waals surface area contributed by atoms with Gasteiger partial charge in [-0.3, -0.25) is 9.59 Å². The molecule has 2 aromatic carbocycles. The Kier molecular flexibility index (Phi) is 5.14. The van der Waals surface area contributed by atoms with E-state index in [9.17, 15) is 18.4 Å². The van der Waals surface area contributed by atoms with E-state index in [1.165, 1.54) is 22.7 Å². The highest BCUT2D eigenvalue weighted by Crippen LogP contribution is 2.28. The van der Waals surface area contributed by atoms with Crippen molar-refractivity contribution in [2.45, 2.75) is 0 Å². The number of anilines is 1. The highest BCUT2D eigenvalue weighted by atomic mass is 32.2. The van der Waals surface area contributed by atoms with E-state index >= 15 is 0 Å². The van der Waals surface area contributed by atoms with Crippen LogP contribution in [-0.4, -0.2) is 29.0 Å². The van der Waals surface area contributed by atoms with Crippen molar-refractivity contribution in [2.75, 3.05) is 17.6 Å². The quantitative estimate of drug-likeness (QED) is 0.908. The van der Waals surface area contributed by atoms with E-state index in [1.54, 1.807) is 0 Å². The van der Waals surface area contributed by atoms with E-state index < -0.39 is 17.5 Å². The summed E-state index contributed by atoms with van der Waals surface area (Å²) in [7, 11) is 0. The van der Waals surface area contributed by atoms with Gasteiger partial charge >= 0.3 is 0 Å². The lowest BCUT2D eigenvalue weighted by Crippen LogP contribution is -2.39. The van der Waals surface area contributed by atoms with Crippen LogP contribution in [-0.2, 0) is 9.59 Å². The zero-order valence-electron chi connectivity index (χ0n) is 13.0. The van der Waals surface area contributed by atoms with Gasteiger partial charge in [-0.1, -0.05) is 30.3 Å². The van der Waals surface area contributed by atoms with E-state index in [-0.39, 0.29) is 23.9 Å². The topological polar surface area (TPSA) is 49.4 Å². The summed E-state index contributed by atoms with van der Waals surface area (Å²) in [5, 5.41) is 4.31. The molecule has 0 saturated carbocycles. The lowest BCUT2D eigenvalue weighted by atomic mass is 10.1. The van der Waals surface area contributed by atoms with E-state index in [2.05, 4.69) is 5.32 Å². The summed E-state index contributed by atoms with van der Waals surface area (Å²) in [6.07, 6.45) is 0. The number of nitrogens with zero attached hydrogens (tertiary/aromatic N) is 1. The van der Waals surface area contributed by atoms with Crippen LogP contribution in [0.25, 0.3) is 5.70 Å². The Morgan fingerprint density at radius 1 is 1.12 bits per heavy atom. The van der Waals surface area contributed by atoms with Gasteiger partial charge in [0.15, 0.2) is 11.6 Å². The molecule has 128 valence electrons. The maximum absolute atomic E-state index is 13.2. The van der Waals surface area contributed by atoms with Crippen molar-refractivity contribution in [1.29, 1.82) is 0 Å². The lowest BCUT2D eigenvalue weighted by molar-refractivity contribution is -0.129. The zero-order valence-corrected chi connectivity index (χ0v) is 13.9. The largest absolute Gasteiger partial charge is 0.324 e. The monoisotopic (exact) mass is 360 g/mol. The van der Waals surface area contributed by atoms with Gasteiger partial charge in [0.2, 0.25) is 11.8 Å². The Balaban J connectivity index is 1.75. The van der Waals surface area contributed by atoms with Gasteiger partial charge in [0.25, 0.3) is 0 Å². The second-order valence-corrected chi connectivity index (χ2v) is 6.19. The number of nitrogens with one attached hydrogen (secondary N) is 1. The fourth-order valence-electron chi connectivity index (χ4n) is 2.39. The molecular formula is C18H14F2N2O2S. The summed E-state index contributed by atoms with van der Waals surface area (Å²) < 4.78 is 26.2. The second-order valence-electron chi connectivity index (χ2n) is 5.34. The standard InChI is InChI=1S/C18H14F2N2O2S/c19-14-7-6-13(8-15(14)20)21-17(23)9-22-16(10-25-11-18(22)24)12-4-2-1-3-5-12/h1-8,10H,9,11H2,(H,21,23). The minimum absolute atomic E-state index is 0.132. The molecule has 1 heterocycles. The van der Waals surface area contributed by atoms with Crippen molar-refractivity contribution in [3.8, 4) is 0 Å². The predicted molar refractivity (Wildman–Crippen MR) is 93.6 cm³/mol. The molecule has 0 fully saturated rings. The molecule has 25 heavy (non-hydrogen) atoms. The van der Waals surface area contributed by atoms with Crippen LogP contribution in [0.5, 0.6) is 0 Å². The fourth-order valence-corrected chi connectivity index (χ4v) is 3.19. The van der Waals surface area contributed by atoms with Gasteiger partial charge in [0.1, 0.15) is 6.54 Å². The fraction of sp³-hybridized carbons (Fsp3) is 0.111. The molecule has 0 bridgehead atoms. The first-order chi connectivity index (χ1) is 12.0. The Morgan fingerprint density at radius 3 is 2.60 bits per heavy atom. The first kappa shape index (κ1) is 17.2. The van der Waals surface area contributed by atoms with Gasteiger partial charge < -0.3 is 10.2 Å². The highest BCUT2D eigenvalue weighted by molar-refractivity contribution is 8.03. The maximum Gasteiger partial charge on any atom is 0.244 e. The van der Waals surface area contributed by atoms with Gasteiger partial charge in [-0.2, -0.15) is 0 Å². The van der Waals surface area contributed by atoms with Gasteiger partial charge in [-0.05, 0) is 23.1 Å². The van der Waals surface area contributed by atoms with Crippen molar-refractivity contribution >= 4 is 35.0 Å². The Bertz CT molecular complexity index is 840. The molecule has 1 N–H and O–H groups in total. The number of hydrogen-bond donors (Lipinski definition) is 1. The second kappa shape index (κ2) is 7.48. The molecule has 1 aliphatic rings. The number of carbonyl (C=O) groups is 2. The van der Waals surface area contributed by atoms with Crippen LogP contribution in [0.4, 0.5) is 14.5 Å². The van der Waals surface area contributed by atoms with Crippen LogP contribution < -0.4 is 5.32 Å². The third kappa shape index (κ3) is 4.06. The molecule has 0 unspecified atom stereocenters. The maximum atomic E-state index is 13.2. The van der Waals surface area contributed by atoms with Crippen LogP contribution in [0.3, 0.4) is 0 Å². The smallest absolute Gasteiger partial charge is 0.244 e. The molecule has 2 amide bonds. The SMILES string of the molecule is O=C(CN1C(=O)CSC=C1c1ccccc1)Nc1ccc(F)c(F)c1. The summed E-state index contributed by atoms with van der Waals surface area (Å²) in [5.74, 6) is -2.47. The minimum atomic E-state index is -1.05. The number of halogens is 2. The van der Waals surface area contributed by atoms with Crippen molar-refractivity contribution in [3.63, 3.8) is 0 Å². The first-order valence-electron chi connectivity index (χ1n) is 7.47. The molecule has 2 aromatic rings. The third-order valence-electron chi connectivity index (χ3n) is 3.57. The van der Waals surface area contributed by atoms with Gasteiger partial charge in [-0.15, -0.1) is 11.8 Å². The third-order valence-corrected chi connectivity index (χ3v) is 4.37. The average Bonchev–Trinajstić information content (AvgIpc) is 2.61. The van der Waals surface area contributed by atoms with E-state index in [0.717, 1.165) is 17.7 Å². The van der Waals surface area contributed by atoms with Crippen LogP contribution in [0.1, 0.15) is 5.56 Å². The van der Waals surface area contributed by atoms with Crippen LogP contribution >= 0.6 is 11.8 Å². The molecule has 0 spiro atoms. The van der Waals surface area contributed by atoms with Crippen LogP contribution in [0.2, 0.25) is 0 Å². The van der Waals surface area contributed by atoms with E-state index in [1.807, 2.05) is 35.7 Å². The Labute approximate surface area is 147 Å². The molecule has 0 radical (unpaired) electrons. The lowest BCUT2D eigenvalue weighted by Gasteiger charge is -2.28. The number of amides is 2. The van der Waals surface area contributed by atoms with Crippen molar-refractivity contribution in [3.05, 3.63) is 71.1 Å². The number of benzene rings is 2. The molecule has 4 nitrogen and oxygen atoms in total. The normalized spacial score (nSPS) is 14.2. The van der Waals surface area contributed by atoms with Crippen molar-refractivity contribution in [2.24, 2.45) is 0 Å². The number of hydrogen-bond acceptors (Lipinski definition) is 3. The van der Waals surface area contributed by atoms with Crippen LogP contribution in [0, 0.1) is 11.6 Å². The molecule has 0 saturated heterocycles. The van der Waals surface area contributed by atoms with Crippen LogP contribution in [0.15, 0.2) is 53.9 Å². The summed E-state index contributed by atoms with van der Waals surface area (Å²) >= 11 is 1.37. The summed E-state index contributed by atoms with van der Waals surface area (Å²) in [5.41, 5.74) is 1.60. The number of thioether (sulfide) groups is 1. The first-order valence-corrected chi connectivity index (χ1v) is 8.52.